The number of nitrogens with one attached hydrogen (secondary N) is 2. The Hall–Kier alpha value is -2.30. The third-order valence-electron chi connectivity index (χ3n) is 2.13. The second-order valence-corrected chi connectivity index (χ2v) is 3.38. The Morgan fingerprint density at radius 3 is 2.56 bits per heavy atom. The molecule has 82 valence electrons. The van der Waals surface area contributed by atoms with Crippen LogP contribution in [0.4, 0.5) is 0 Å². The Bertz CT molecular complexity index is 463. The van der Waals surface area contributed by atoms with Gasteiger partial charge in [-0.15, -0.1) is 0 Å². The molecule has 0 bridgehead atoms. The Kier molecular flexibility index (Phi) is 2.59. The van der Waals surface area contributed by atoms with Gasteiger partial charge in [-0.05, 0) is 23.8 Å². The molecule has 1 saturated heterocycles. The third-order valence-corrected chi connectivity index (χ3v) is 2.13. The van der Waals surface area contributed by atoms with Crippen LogP contribution in [0.3, 0.4) is 0 Å². The van der Waals surface area contributed by atoms with Crippen molar-refractivity contribution in [2.75, 3.05) is 6.54 Å². The van der Waals surface area contributed by atoms with Crippen LogP contribution in [-0.4, -0.2) is 23.5 Å². The summed E-state index contributed by atoms with van der Waals surface area (Å²) in [6.45, 7) is 0.00571. The van der Waals surface area contributed by atoms with E-state index in [0.717, 1.165) is 5.56 Å². The minimum Gasteiger partial charge on any atom is -0.508 e. The fourth-order valence-electron chi connectivity index (χ4n) is 1.35. The van der Waals surface area contributed by atoms with Crippen LogP contribution in [-0.2, 0) is 9.59 Å². The van der Waals surface area contributed by atoms with Crippen molar-refractivity contribution >= 4 is 17.9 Å². The molecule has 1 aliphatic heterocycles. The quantitative estimate of drug-likeness (QED) is 0.579. The Morgan fingerprint density at radius 1 is 1.19 bits per heavy atom. The van der Waals surface area contributed by atoms with Gasteiger partial charge in [0.2, 0.25) is 5.91 Å². The van der Waals surface area contributed by atoms with E-state index in [9.17, 15) is 9.59 Å². The minimum absolute atomic E-state index is 0.00571. The lowest BCUT2D eigenvalue weighted by Gasteiger charge is -2.15. The second-order valence-electron chi connectivity index (χ2n) is 3.38. The topological polar surface area (TPSA) is 78.4 Å². The maximum absolute atomic E-state index is 11.4. The number of rotatable bonds is 1. The molecule has 0 saturated carbocycles. The molecule has 3 N–H and O–H groups in total. The smallest absolute Gasteiger partial charge is 0.268 e. The predicted molar refractivity (Wildman–Crippen MR) is 57.2 cm³/mol. The monoisotopic (exact) mass is 218 g/mol. The SMILES string of the molecule is O=C1CNC(=O)C(=Cc2ccc(O)cc2)N1. The van der Waals surface area contributed by atoms with E-state index in [4.69, 9.17) is 5.11 Å². The zero-order chi connectivity index (χ0) is 11.5. The number of hydrogen-bond acceptors (Lipinski definition) is 3. The summed E-state index contributed by atoms with van der Waals surface area (Å²) in [6, 6.07) is 6.32. The average Bonchev–Trinajstić information content (AvgIpc) is 2.27. The maximum atomic E-state index is 11.4. The summed E-state index contributed by atoms with van der Waals surface area (Å²) in [6.07, 6.45) is 1.55. The summed E-state index contributed by atoms with van der Waals surface area (Å²) in [7, 11) is 0. The van der Waals surface area contributed by atoms with Gasteiger partial charge in [0.05, 0.1) is 6.54 Å². The highest BCUT2D eigenvalue weighted by atomic mass is 16.3. The van der Waals surface area contributed by atoms with Crippen molar-refractivity contribution in [2.24, 2.45) is 0 Å². The summed E-state index contributed by atoms with van der Waals surface area (Å²) in [5.41, 5.74) is 0.937. The van der Waals surface area contributed by atoms with Crippen LogP contribution in [0.5, 0.6) is 5.75 Å². The third kappa shape index (κ3) is 2.20. The van der Waals surface area contributed by atoms with Crippen LogP contribution < -0.4 is 10.6 Å². The van der Waals surface area contributed by atoms with E-state index in [1.165, 1.54) is 12.1 Å². The molecule has 1 aliphatic rings. The van der Waals surface area contributed by atoms with Gasteiger partial charge in [-0.1, -0.05) is 12.1 Å². The summed E-state index contributed by atoms with van der Waals surface area (Å²) >= 11 is 0. The Morgan fingerprint density at radius 2 is 1.88 bits per heavy atom. The number of amides is 2. The van der Waals surface area contributed by atoms with Gasteiger partial charge in [0.25, 0.3) is 5.91 Å². The van der Waals surface area contributed by atoms with Crippen molar-refractivity contribution < 1.29 is 14.7 Å². The number of phenols is 1. The van der Waals surface area contributed by atoms with Crippen molar-refractivity contribution in [3.8, 4) is 5.75 Å². The van der Waals surface area contributed by atoms with E-state index < -0.39 is 0 Å². The van der Waals surface area contributed by atoms with Gasteiger partial charge < -0.3 is 15.7 Å². The van der Waals surface area contributed by atoms with Gasteiger partial charge in [-0.25, -0.2) is 0 Å². The molecule has 0 radical (unpaired) electrons. The zero-order valence-corrected chi connectivity index (χ0v) is 8.36. The molecule has 2 amide bonds. The lowest BCUT2D eigenvalue weighted by Crippen LogP contribution is -2.46. The molecular weight excluding hydrogens is 208 g/mol. The molecule has 0 atom stereocenters. The number of aromatic hydroxyl groups is 1. The standard InChI is InChI=1S/C11H10N2O3/c14-8-3-1-7(2-4-8)5-9-11(16)12-6-10(15)13-9/h1-5,14H,6H2,(H,12,16)(H,13,15). The minimum atomic E-state index is -0.312. The molecule has 16 heavy (non-hydrogen) atoms. The van der Waals surface area contributed by atoms with Crippen molar-refractivity contribution in [1.29, 1.82) is 0 Å². The second kappa shape index (κ2) is 4.06. The molecule has 1 aromatic carbocycles. The van der Waals surface area contributed by atoms with Crippen LogP contribution in [0.25, 0.3) is 6.08 Å². The van der Waals surface area contributed by atoms with Crippen LogP contribution in [0.1, 0.15) is 5.56 Å². The first kappa shape index (κ1) is 10.2. The van der Waals surface area contributed by atoms with Gasteiger partial charge in [0.15, 0.2) is 0 Å². The molecule has 0 spiro atoms. The van der Waals surface area contributed by atoms with Crippen molar-refractivity contribution in [3.05, 3.63) is 35.5 Å². The van der Waals surface area contributed by atoms with Crippen LogP contribution in [0.2, 0.25) is 0 Å². The van der Waals surface area contributed by atoms with E-state index in [0.29, 0.717) is 0 Å². The fraction of sp³-hybridized carbons (Fsp3) is 0.0909. The van der Waals surface area contributed by atoms with Crippen molar-refractivity contribution in [3.63, 3.8) is 0 Å². The number of piperazine rings is 1. The fourth-order valence-corrected chi connectivity index (χ4v) is 1.35. The number of carbonyl (C=O) groups is 2. The van der Waals surface area contributed by atoms with Crippen LogP contribution >= 0.6 is 0 Å². The average molecular weight is 218 g/mol. The highest BCUT2D eigenvalue weighted by molar-refractivity contribution is 6.05. The Labute approximate surface area is 91.8 Å². The van der Waals surface area contributed by atoms with Crippen molar-refractivity contribution in [1.82, 2.24) is 10.6 Å². The molecule has 0 unspecified atom stereocenters. The number of carbonyl (C=O) groups excluding carboxylic acids is 2. The highest BCUT2D eigenvalue weighted by Gasteiger charge is 2.18. The van der Waals surface area contributed by atoms with Gasteiger partial charge in [0, 0.05) is 0 Å². The first-order chi connectivity index (χ1) is 7.65. The number of benzene rings is 1. The van der Waals surface area contributed by atoms with E-state index in [1.54, 1.807) is 18.2 Å². The zero-order valence-electron chi connectivity index (χ0n) is 8.36. The van der Waals surface area contributed by atoms with Gasteiger partial charge in [-0.3, -0.25) is 9.59 Å². The highest BCUT2D eigenvalue weighted by Crippen LogP contribution is 2.12. The van der Waals surface area contributed by atoms with Gasteiger partial charge >= 0.3 is 0 Å². The molecule has 0 aliphatic carbocycles. The first-order valence-corrected chi connectivity index (χ1v) is 4.74. The largest absolute Gasteiger partial charge is 0.508 e. The summed E-state index contributed by atoms with van der Waals surface area (Å²) in [5, 5.41) is 14.0. The van der Waals surface area contributed by atoms with E-state index in [2.05, 4.69) is 10.6 Å². The van der Waals surface area contributed by atoms with E-state index in [-0.39, 0.29) is 29.8 Å². The molecule has 5 nitrogen and oxygen atoms in total. The van der Waals surface area contributed by atoms with E-state index >= 15 is 0 Å². The number of phenolic OH excluding ortho intramolecular Hbond substituents is 1. The number of hydrogen-bond donors (Lipinski definition) is 3. The molecule has 0 aromatic heterocycles. The molecule has 1 aromatic rings. The predicted octanol–water partition coefficient (Wildman–Crippen LogP) is -0.0209. The lowest BCUT2D eigenvalue weighted by molar-refractivity contribution is -0.127. The first-order valence-electron chi connectivity index (χ1n) is 4.74. The van der Waals surface area contributed by atoms with Gasteiger partial charge in [0.1, 0.15) is 11.4 Å². The lowest BCUT2D eigenvalue weighted by atomic mass is 10.1. The summed E-state index contributed by atoms with van der Waals surface area (Å²) < 4.78 is 0. The van der Waals surface area contributed by atoms with Crippen molar-refractivity contribution in [2.45, 2.75) is 0 Å². The normalized spacial score (nSPS) is 18.1. The molecular formula is C11H10N2O3. The van der Waals surface area contributed by atoms with Crippen LogP contribution in [0, 0.1) is 0 Å². The molecule has 1 heterocycles. The maximum Gasteiger partial charge on any atom is 0.268 e. The molecule has 1 fully saturated rings. The van der Waals surface area contributed by atoms with Crippen LogP contribution in [0.15, 0.2) is 30.0 Å². The molecule has 5 heteroatoms. The molecule has 2 rings (SSSR count). The summed E-state index contributed by atoms with van der Waals surface area (Å²) in [4.78, 5) is 22.4. The Balaban J connectivity index is 2.25. The summed E-state index contributed by atoms with van der Waals surface area (Å²) in [5.74, 6) is -0.406. The van der Waals surface area contributed by atoms with E-state index in [1.807, 2.05) is 0 Å². The van der Waals surface area contributed by atoms with Gasteiger partial charge in [-0.2, -0.15) is 0 Å².